The van der Waals surface area contributed by atoms with Crippen molar-refractivity contribution in [3.8, 4) is 5.75 Å². The van der Waals surface area contributed by atoms with Crippen molar-refractivity contribution in [3.63, 3.8) is 0 Å². The number of carbonyl (C=O) groups is 2. The lowest BCUT2D eigenvalue weighted by Gasteiger charge is -2.18. The summed E-state index contributed by atoms with van der Waals surface area (Å²) in [4.78, 5) is 23.6. The van der Waals surface area contributed by atoms with Crippen molar-refractivity contribution in [1.29, 1.82) is 0 Å². The summed E-state index contributed by atoms with van der Waals surface area (Å²) in [5.74, 6) is -0.836. The highest BCUT2D eigenvalue weighted by Crippen LogP contribution is 2.26. The van der Waals surface area contributed by atoms with Crippen LogP contribution in [0.4, 0.5) is 0 Å². The average molecular weight is 291 g/mol. The van der Waals surface area contributed by atoms with E-state index >= 15 is 0 Å². The number of ether oxygens (including phenoxy) is 1. The number of nitrogens with one attached hydrogen (secondary N) is 1. The number of ketones is 1. The van der Waals surface area contributed by atoms with Gasteiger partial charge in [0.2, 0.25) is 0 Å². The largest absolute Gasteiger partial charge is 0.496 e. The van der Waals surface area contributed by atoms with Crippen LogP contribution in [0.15, 0.2) is 24.8 Å². The summed E-state index contributed by atoms with van der Waals surface area (Å²) in [6.07, 6.45) is 1.30. The Balaban J connectivity index is 3.18. The van der Waals surface area contributed by atoms with Gasteiger partial charge >= 0.3 is 5.97 Å². The normalized spacial score (nSPS) is 11.8. The van der Waals surface area contributed by atoms with Crippen LogP contribution in [0.3, 0.4) is 0 Å². The van der Waals surface area contributed by atoms with Crippen LogP contribution < -0.4 is 10.1 Å². The van der Waals surface area contributed by atoms with Crippen LogP contribution in [-0.4, -0.2) is 36.6 Å². The van der Waals surface area contributed by atoms with Gasteiger partial charge in [0.25, 0.3) is 0 Å². The molecule has 0 saturated carbocycles. The van der Waals surface area contributed by atoms with Gasteiger partial charge < -0.3 is 15.2 Å². The van der Waals surface area contributed by atoms with E-state index in [2.05, 4.69) is 11.9 Å². The third-order valence-corrected chi connectivity index (χ3v) is 3.09. The van der Waals surface area contributed by atoms with E-state index in [4.69, 9.17) is 9.84 Å². The molecule has 0 fully saturated rings. The molecular formula is C16H21NO4. The maximum absolute atomic E-state index is 12.6. The molecule has 1 aromatic carbocycles. The van der Waals surface area contributed by atoms with Crippen molar-refractivity contribution in [2.75, 3.05) is 13.7 Å². The lowest BCUT2D eigenvalue weighted by Crippen LogP contribution is -2.39. The molecule has 21 heavy (non-hydrogen) atoms. The Kier molecular flexibility index (Phi) is 6.11. The van der Waals surface area contributed by atoms with E-state index in [0.29, 0.717) is 17.9 Å². The molecule has 2 N–H and O–H groups in total. The van der Waals surface area contributed by atoms with Crippen LogP contribution in [0.25, 0.3) is 0 Å². The zero-order chi connectivity index (χ0) is 16.0. The van der Waals surface area contributed by atoms with Gasteiger partial charge in [0.1, 0.15) is 5.75 Å². The molecule has 0 radical (unpaired) electrons. The number of methoxy groups -OCH3 is 1. The molecule has 0 aliphatic carbocycles. The molecule has 0 heterocycles. The van der Waals surface area contributed by atoms with Crippen LogP contribution >= 0.6 is 0 Å². The highest BCUT2D eigenvalue weighted by atomic mass is 16.5. The highest BCUT2D eigenvalue weighted by Gasteiger charge is 2.25. The topological polar surface area (TPSA) is 75.6 Å². The molecule has 1 aromatic rings. The molecule has 1 rings (SSSR count). The average Bonchev–Trinajstić information content (AvgIpc) is 2.41. The fourth-order valence-electron chi connectivity index (χ4n) is 2.25. The van der Waals surface area contributed by atoms with Crippen LogP contribution in [-0.2, 0) is 4.79 Å². The molecular weight excluding hydrogens is 270 g/mol. The lowest BCUT2D eigenvalue weighted by atomic mass is 9.96. The van der Waals surface area contributed by atoms with Gasteiger partial charge in [-0.05, 0) is 31.0 Å². The summed E-state index contributed by atoms with van der Waals surface area (Å²) in [7, 11) is 1.50. The van der Waals surface area contributed by atoms with Gasteiger partial charge in [-0.3, -0.25) is 9.59 Å². The van der Waals surface area contributed by atoms with Crippen molar-refractivity contribution in [3.05, 3.63) is 41.5 Å². The van der Waals surface area contributed by atoms with Gasteiger partial charge in [-0.15, -0.1) is 6.58 Å². The molecule has 5 nitrogen and oxygen atoms in total. The van der Waals surface area contributed by atoms with Crippen LogP contribution in [0, 0.1) is 13.8 Å². The Hall–Kier alpha value is -2.14. The number of rotatable bonds is 8. The van der Waals surface area contributed by atoms with E-state index in [1.165, 1.54) is 7.11 Å². The van der Waals surface area contributed by atoms with Crippen LogP contribution in [0.2, 0.25) is 0 Å². The number of aryl methyl sites for hydroxylation is 2. The molecule has 0 aromatic heterocycles. The first-order valence-corrected chi connectivity index (χ1v) is 6.66. The van der Waals surface area contributed by atoms with E-state index in [0.717, 1.165) is 11.1 Å². The number of carboxylic acid groups (broad SMARTS) is 1. The monoisotopic (exact) mass is 291 g/mol. The van der Waals surface area contributed by atoms with E-state index in [9.17, 15) is 9.59 Å². The van der Waals surface area contributed by atoms with E-state index in [-0.39, 0.29) is 12.2 Å². The SMILES string of the molecule is C=CCNC(CC(=O)O)C(=O)c1cc(C)cc(C)c1OC. The Labute approximate surface area is 124 Å². The van der Waals surface area contributed by atoms with Crippen LogP contribution in [0.1, 0.15) is 27.9 Å². The molecule has 1 unspecified atom stereocenters. The second kappa shape index (κ2) is 7.59. The molecule has 114 valence electrons. The third-order valence-electron chi connectivity index (χ3n) is 3.09. The van der Waals surface area contributed by atoms with Crippen molar-refractivity contribution in [2.24, 2.45) is 0 Å². The highest BCUT2D eigenvalue weighted by molar-refractivity contribution is 6.04. The molecule has 0 amide bonds. The Morgan fingerprint density at radius 1 is 1.43 bits per heavy atom. The minimum absolute atomic E-state index is 0.289. The first kappa shape index (κ1) is 16.9. The molecule has 1 atom stereocenters. The standard InChI is InChI=1S/C16H21NO4/c1-5-6-17-13(9-14(18)19)15(20)12-8-10(2)7-11(3)16(12)21-4/h5,7-8,13,17H,1,6,9H2,2-4H3,(H,18,19). The van der Waals surface area contributed by atoms with Crippen molar-refractivity contribution < 1.29 is 19.4 Å². The number of hydrogen-bond acceptors (Lipinski definition) is 4. The van der Waals surface area contributed by atoms with Gasteiger partial charge in [0, 0.05) is 6.54 Å². The number of carboxylic acids is 1. The summed E-state index contributed by atoms with van der Waals surface area (Å²) in [5.41, 5.74) is 2.17. The Morgan fingerprint density at radius 2 is 2.10 bits per heavy atom. The van der Waals surface area contributed by atoms with E-state index in [1.807, 2.05) is 19.9 Å². The lowest BCUT2D eigenvalue weighted by molar-refractivity contribution is -0.137. The maximum atomic E-state index is 12.6. The number of carbonyl (C=O) groups excluding carboxylic acids is 1. The molecule has 0 aliphatic rings. The zero-order valence-electron chi connectivity index (χ0n) is 12.6. The first-order valence-electron chi connectivity index (χ1n) is 6.66. The minimum atomic E-state index is -1.03. The van der Waals surface area contributed by atoms with Crippen LogP contribution in [0.5, 0.6) is 5.75 Å². The van der Waals surface area contributed by atoms with Crippen molar-refractivity contribution >= 4 is 11.8 Å². The summed E-state index contributed by atoms with van der Waals surface area (Å²) in [6.45, 7) is 7.65. The van der Waals surface area contributed by atoms with E-state index < -0.39 is 12.0 Å². The summed E-state index contributed by atoms with van der Waals surface area (Å²) >= 11 is 0. The number of aliphatic carboxylic acids is 1. The summed E-state index contributed by atoms with van der Waals surface area (Å²) < 4.78 is 5.30. The zero-order valence-corrected chi connectivity index (χ0v) is 12.6. The number of benzene rings is 1. The predicted octanol–water partition coefficient (Wildman–Crippen LogP) is 2.11. The van der Waals surface area contributed by atoms with Gasteiger partial charge in [-0.2, -0.15) is 0 Å². The summed E-state index contributed by atoms with van der Waals surface area (Å²) in [6, 6.07) is 2.83. The predicted molar refractivity (Wildman–Crippen MR) is 81.0 cm³/mol. The van der Waals surface area contributed by atoms with Crippen molar-refractivity contribution in [1.82, 2.24) is 5.32 Å². The molecule has 0 bridgehead atoms. The maximum Gasteiger partial charge on any atom is 0.305 e. The van der Waals surface area contributed by atoms with Gasteiger partial charge in [-0.1, -0.05) is 12.1 Å². The molecule has 0 spiro atoms. The van der Waals surface area contributed by atoms with Gasteiger partial charge in [-0.25, -0.2) is 0 Å². The van der Waals surface area contributed by atoms with Crippen molar-refractivity contribution in [2.45, 2.75) is 26.3 Å². The Bertz CT molecular complexity index is 551. The smallest absolute Gasteiger partial charge is 0.305 e. The molecule has 5 heteroatoms. The molecule has 0 saturated heterocycles. The fraction of sp³-hybridized carbons (Fsp3) is 0.375. The van der Waals surface area contributed by atoms with Gasteiger partial charge in [0.05, 0.1) is 25.1 Å². The third kappa shape index (κ3) is 4.43. The minimum Gasteiger partial charge on any atom is -0.496 e. The summed E-state index contributed by atoms with van der Waals surface area (Å²) in [5, 5.41) is 11.9. The number of hydrogen-bond donors (Lipinski definition) is 2. The first-order chi connectivity index (χ1) is 9.90. The van der Waals surface area contributed by atoms with Gasteiger partial charge in [0.15, 0.2) is 5.78 Å². The Morgan fingerprint density at radius 3 is 2.62 bits per heavy atom. The fourth-order valence-corrected chi connectivity index (χ4v) is 2.25. The quantitative estimate of drug-likeness (QED) is 0.567. The molecule has 0 aliphatic heterocycles. The second-order valence-corrected chi connectivity index (χ2v) is 4.87. The number of Topliss-reactive ketones (excluding diaryl/α,β-unsaturated/α-hetero) is 1. The van der Waals surface area contributed by atoms with E-state index in [1.54, 1.807) is 12.1 Å². The second-order valence-electron chi connectivity index (χ2n) is 4.87.